The van der Waals surface area contributed by atoms with E-state index in [-0.39, 0.29) is 17.2 Å². The van der Waals surface area contributed by atoms with Crippen LogP contribution in [0.3, 0.4) is 0 Å². The highest BCUT2D eigenvalue weighted by Gasteiger charge is 2.34. The number of ether oxygens (including phenoxy) is 1. The summed E-state index contributed by atoms with van der Waals surface area (Å²) in [6.07, 6.45) is -4.26. The first-order valence-corrected chi connectivity index (χ1v) is 7.55. The number of hydrogen-bond donors (Lipinski definition) is 1. The number of halogens is 3. The molecular formula is C15H14F3NO3S. The minimum atomic E-state index is -4.51. The number of carbonyl (C=O) groups excluding carboxylic acids is 1. The molecule has 1 N–H and O–H groups in total. The molecule has 0 radical (unpaired) electrons. The van der Waals surface area contributed by atoms with Gasteiger partial charge in [-0.15, -0.1) is 11.3 Å². The molecule has 2 rings (SSSR count). The molecule has 4 nitrogen and oxygen atoms in total. The van der Waals surface area contributed by atoms with E-state index in [2.05, 4.69) is 9.72 Å². The van der Waals surface area contributed by atoms with Gasteiger partial charge in [0.2, 0.25) is 0 Å². The van der Waals surface area contributed by atoms with E-state index in [0.717, 1.165) is 22.3 Å². The van der Waals surface area contributed by atoms with Crippen LogP contribution in [0.5, 0.6) is 5.75 Å². The fraction of sp³-hybridized carbons (Fsp3) is 0.333. The summed E-state index contributed by atoms with van der Waals surface area (Å²) in [5, 5.41) is 10.4. The largest absolute Gasteiger partial charge is 0.508 e. The van der Waals surface area contributed by atoms with Gasteiger partial charge in [0.25, 0.3) is 0 Å². The van der Waals surface area contributed by atoms with Crippen molar-refractivity contribution >= 4 is 17.3 Å². The lowest BCUT2D eigenvalue weighted by molar-refractivity contribution is -0.141. The van der Waals surface area contributed by atoms with Crippen molar-refractivity contribution in [2.24, 2.45) is 0 Å². The highest BCUT2D eigenvalue weighted by atomic mass is 32.1. The summed E-state index contributed by atoms with van der Waals surface area (Å²) in [4.78, 5) is 15.2. The van der Waals surface area contributed by atoms with Crippen LogP contribution >= 0.6 is 11.3 Å². The number of nitrogens with zero attached hydrogens (tertiary/aromatic N) is 1. The number of methoxy groups -OCH3 is 1. The van der Waals surface area contributed by atoms with E-state index >= 15 is 0 Å². The van der Waals surface area contributed by atoms with Crippen LogP contribution in [0, 0.1) is 0 Å². The van der Waals surface area contributed by atoms with E-state index in [4.69, 9.17) is 0 Å². The average Bonchev–Trinajstić information content (AvgIpc) is 2.98. The summed E-state index contributed by atoms with van der Waals surface area (Å²) >= 11 is 0.871. The number of aromatic hydroxyl groups is 1. The van der Waals surface area contributed by atoms with Crippen LogP contribution < -0.4 is 0 Å². The second-order valence-corrected chi connectivity index (χ2v) is 5.81. The van der Waals surface area contributed by atoms with Crippen molar-refractivity contribution in [3.63, 3.8) is 0 Å². The Morgan fingerprint density at radius 3 is 2.52 bits per heavy atom. The van der Waals surface area contributed by atoms with Crippen LogP contribution in [0.15, 0.2) is 29.6 Å². The second kappa shape index (κ2) is 6.99. The summed E-state index contributed by atoms with van der Waals surface area (Å²) in [5.74, 6) is -0.947. The van der Waals surface area contributed by atoms with Gasteiger partial charge < -0.3 is 9.84 Å². The van der Waals surface area contributed by atoms with Gasteiger partial charge in [0.1, 0.15) is 5.75 Å². The number of aromatic nitrogens is 1. The van der Waals surface area contributed by atoms with Gasteiger partial charge in [-0.2, -0.15) is 13.2 Å². The van der Waals surface area contributed by atoms with Crippen LogP contribution in [-0.4, -0.2) is 23.2 Å². The maximum atomic E-state index is 12.7. The van der Waals surface area contributed by atoms with Crippen molar-refractivity contribution in [3.8, 4) is 5.75 Å². The molecule has 0 saturated heterocycles. The Morgan fingerprint density at radius 2 is 2.00 bits per heavy atom. The first-order valence-electron chi connectivity index (χ1n) is 6.67. The Morgan fingerprint density at radius 1 is 1.35 bits per heavy atom. The smallest absolute Gasteiger partial charge is 0.434 e. The van der Waals surface area contributed by atoms with Gasteiger partial charge in [0.05, 0.1) is 18.5 Å². The number of phenolic OH excluding ortho intramolecular Hbond substituents is 1. The minimum Gasteiger partial charge on any atom is -0.508 e. The van der Waals surface area contributed by atoms with Crippen LogP contribution in [0.2, 0.25) is 0 Å². The molecule has 0 aliphatic carbocycles. The zero-order valence-electron chi connectivity index (χ0n) is 12.1. The molecule has 0 aliphatic heterocycles. The number of benzene rings is 1. The Labute approximate surface area is 134 Å². The molecule has 0 fully saturated rings. The molecule has 0 amide bonds. The van der Waals surface area contributed by atoms with Gasteiger partial charge in [-0.25, -0.2) is 4.98 Å². The second-order valence-electron chi connectivity index (χ2n) is 4.92. The van der Waals surface area contributed by atoms with Crippen molar-refractivity contribution in [1.82, 2.24) is 4.98 Å². The molecule has 2 aromatic rings. The zero-order valence-corrected chi connectivity index (χ0v) is 12.9. The molecule has 0 bridgehead atoms. The minimum absolute atomic E-state index is 0.0673. The van der Waals surface area contributed by atoms with Crippen LogP contribution in [0.1, 0.15) is 28.6 Å². The molecule has 1 atom stereocenters. The van der Waals surface area contributed by atoms with Crippen LogP contribution in [-0.2, 0) is 22.1 Å². The van der Waals surface area contributed by atoms with Gasteiger partial charge in [0, 0.05) is 11.3 Å². The predicted octanol–water partition coefficient (Wildman–Crippen LogP) is 3.76. The van der Waals surface area contributed by atoms with E-state index < -0.39 is 23.8 Å². The topological polar surface area (TPSA) is 59.4 Å². The van der Waals surface area contributed by atoms with Gasteiger partial charge in [-0.3, -0.25) is 4.79 Å². The Kier molecular flexibility index (Phi) is 5.25. The van der Waals surface area contributed by atoms with Crippen LogP contribution in [0.25, 0.3) is 0 Å². The highest BCUT2D eigenvalue weighted by molar-refractivity contribution is 7.09. The van der Waals surface area contributed by atoms with E-state index in [9.17, 15) is 23.1 Å². The number of alkyl halides is 3. The molecule has 23 heavy (non-hydrogen) atoms. The number of esters is 1. The summed E-state index contributed by atoms with van der Waals surface area (Å²) in [6, 6.07) is 6.26. The van der Waals surface area contributed by atoms with Crippen molar-refractivity contribution in [2.45, 2.75) is 24.9 Å². The normalized spacial score (nSPS) is 12.9. The highest BCUT2D eigenvalue weighted by Crippen LogP contribution is 2.34. The molecular weight excluding hydrogens is 331 g/mol. The number of rotatable bonds is 5. The average molecular weight is 345 g/mol. The molecule has 1 aromatic heterocycles. The third kappa shape index (κ3) is 4.69. The number of carbonyl (C=O) groups is 1. The molecule has 124 valence electrons. The molecule has 8 heteroatoms. The monoisotopic (exact) mass is 345 g/mol. The summed E-state index contributed by atoms with van der Waals surface area (Å²) in [5.41, 5.74) is -0.182. The van der Waals surface area contributed by atoms with Crippen molar-refractivity contribution < 1.29 is 27.8 Å². The van der Waals surface area contributed by atoms with E-state index in [0.29, 0.717) is 6.42 Å². The summed E-state index contributed by atoms with van der Waals surface area (Å²) in [7, 11) is 1.23. The third-order valence-electron chi connectivity index (χ3n) is 3.22. The molecule has 1 unspecified atom stereocenters. The zero-order chi connectivity index (χ0) is 17.0. The van der Waals surface area contributed by atoms with E-state index in [1.165, 1.54) is 19.2 Å². The van der Waals surface area contributed by atoms with E-state index in [1.54, 1.807) is 12.1 Å². The maximum Gasteiger partial charge on any atom is 0.434 e. The molecule has 1 heterocycles. The molecule has 0 saturated carbocycles. The number of thiazole rings is 1. The SMILES string of the molecule is COC(=O)CC(Cc1ccc(O)cc1)c1nc(C(F)(F)F)cs1. The Balaban J connectivity index is 2.24. The Hall–Kier alpha value is -2.09. The van der Waals surface area contributed by atoms with Gasteiger partial charge in [-0.05, 0) is 24.1 Å². The summed E-state index contributed by atoms with van der Waals surface area (Å²) < 4.78 is 42.7. The number of phenols is 1. The maximum absolute atomic E-state index is 12.7. The Bertz CT molecular complexity index is 667. The lowest BCUT2D eigenvalue weighted by atomic mass is 9.96. The van der Waals surface area contributed by atoms with Crippen molar-refractivity contribution in [3.05, 3.63) is 45.9 Å². The van der Waals surface area contributed by atoms with E-state index in [1.807, 2.05) is 0 Å². The van der Waals surface area contributed by atoms with Crippen molar-refractivity contribution in [2.75, 3.05) is 7.11 Å². The van der Waals surface area contributed by atoms with Crippen molar-refractivity contribution in [1.29, 1.82) is 0 Å². The standard InChI is InChI=1S/C15H14F3NO3S/c1-22-13(21)7-10(6-9-2-4-11(20)5-3-9)14-19-12(8-23-14)15(16,17)18/h2-5,8,10,20H,6-7H2,1H3. The third-order valence-corrected chi connectivity index (χ3v) is 4.23. The molecule has 0 spiro atoms. The molecule has 1 aromatic carbocycles. The van der Waals surface area contributed by atoms with Gasteiger partial charge in [0.15, 0.2) is 5.69 Å². The fourth-order valence-electron chi connectivity index (χ4n) is 2.05. The summed E-state index contributed by atoms with van der Waals surface area (Å²) in [6.45, 7) is 0. The fourth-order valence-corrected chi connectivity index (χ4v) is 2.98. The number of hydrogen-bond acceptors (Lipinski definition) is 5. The van der Waals surface area contributed by atoms with Crippen LogP contribution in [0.4, 0.5) is 13.2 Å². The first kappa shape index (κ1) is 17.3. The quantitative estimate of drug-likeness (QED) is 0.839. The van der Waals surface area contributed by atoms with Gasteiger partial charge >= 0.3 is 12.1 Å². The van der Waals surface area contributed by atoms with Gasteiger partial charge in [-0.1, -0.05) is 12.1 Å². The lowest BCUT2D eigenvalue weighted by Gasteiger charge is -2.13. The predicted molar refractivity (Wildman–Crippen MR) is 78.3 cm³/mol. The first-order chi connectivity index (χ1) is 10.8. The lowest BCUT2D eigenvalue weighted by Crippen LogP contribution is -2.12. The molecule has 0 aliphatic rings.